The molecule has 0 saturated carbocycles. The molecule has 0 fully saturated rings. The van der Waals surface area contributed by atoms with Crippen LogP contribution in [0.3, 0.4) is 0 Å². The molecule has 0 amide bonds. The molecule has 0 spiro atoms. The molecular formula is C9H9NO5S. The van der Waals surface area contributed by atoms with Gasteiger partial charge in [0, 0.05) is 6.07 Å². The topological polar surface area (TPSA) is 86.5 Å². The van der Waals surface area contributed by atoms with Crippen molar-refractivity contribution in [3.8, 4) is 5.75 Å². The Balaban J connectivity index is 3.17. The van der Waals surface area contributed by atoms with Crippen molar-refractivity contribution in [1.82, 2.24) is 0 Å². The van der Waals surface area contributed by atoms with Crippen molar-refractivity contribution >= 4 is 15.8 Å². The predicted molar refractivity (Wildman–Crippen MR) is 57.5 cm³/mol. The van der Waals surface area contributed by atoms with E-state index in [4.69, 9.17) is 0 Å². The molecule has 1 aromatic carbocycles. The summed E-state index contributed by atoms with van der Waals surface area (Å²) in [5.41, 5.74) is -0.410. The highest BCUT2D eigenvalue weighted by Gasteiger charge is 2.21. The van der Waals surface area contributed by atoms with Crippen molar-refractivity contribution in [2.24, 2.45) is 0 Å². The Bertz CT molecular complexity index is 535. The molecule has 0 unspecified atom stereocenters. The fourth-order valence-corrected chi connectivity index (χ4v) is 1.39. The number of nitrogens with zero attached hydrogens (tertiary/aromatic N) is 1. The van der Waals surface area contributed by atoms with Gasteiger partial charge in [-0.25, -0.2) is 0 Å². The molecule has 0 aromatic heterocycles. The molecule has 0 bridgehead atoms. The van der Waals surface area contributed by atoms with E-state index in [2.05, 4.69) is 10.8 Å². The lowest BCUT2D eigenvalue weighted by Crippen LogP contribution is -2.10. The Labute approximate surface area is 92.4 Å². The lowest BCUT2D eigenvalue weighted by atomic mass is 10.3. The average Bonchev–Trinajstić information content (AvgIpc) is 2.17. The van der Waals surface area contributed by atoms with Gasteiger partial charge in [0.25, 0.3) is 0 Å². The first-order valence-electron chi connectivity index (χ1n) is 4.18. The van der Waals surface area contributed by atoms with E-state index in [0.717, 1.165) is 6.07 Å². The Morgan fingerprint density at radius 1 is 1.44 bits per heavy atom. The molecule has 7 heteroatoms. The minimum atomic E-state index is -4.01. The number of nitro benzene ring substituents is 1. The van der Waals surface area contributed by atoms with E-state index >= 15 is 0 Å². The third kappa shape index (κ3) is 2.57. The second kappa shape index (κ2) is 4.31. The quantitative estimate of drug-likeness (QED) is 0.457. The fraction of sp³-hybridized carbons (Fsp3) is 0.111. The smallest absolute Gasteiger partial charge is 0.334 e. The molecule has 6 nitrogen and oxygen atoms in total. The van der Waals surface area contributed by atoms with Crippen LogP contribution in [0.25, 0.3) is 0 Å². The summed E-state index contributed by atoms with van der Waals surface area (Å²) >= 11 is 0. The van der Waals surface area contributed by atoms with E-state index in [1.54, 1.807) is 0 Å². The number of allylic oxidation sites excluding steroid dienone is 1. The van der Waals surface area contributed by atoms with E-state index < -0.39 is 20.7 Å². The van der Waals surface area contributed by atoms with Gasteiger partial charge in [-0.2, -0.15) is 8.42 Å². The predicted octanol–water partition coefficient (Wildman–Crippen LogP) is 1.84. The Kier molecular flexibility index (Phi) is 3.28. The summed E-state index contributed by atoms with van der Waals surface area (Å²) in [4.78, 5) is 9.65. The Hall–Kier alpha value is -1.89. The molecule has 16 heavy (non-hydrogen) atoms. The highest BCUT2D eigenvalue weighted by atomic mass is 32.2. The lowest BCUT2D eigenvalue weighted by Gasteiger charge is -2.05. The molecule has 86 valence electrons. The third-order valence-corrected chi connectivity index (χ3v) is 2.94. The zero-order valence-corrected chi connectivity index (χ0v) is 9.23. The van der Waals surface area contributed by atoms with Gasteiger partial charge in [-0.1, -0.05) is 18.7 Å². The lowest BCUT2D eigenvalue weighted by molar-refractivity contribution is -0.385. The minimum Gasteiger partial charge on any atom is -0.372 e. The number of nitro groups is 1. The molecule has 0 heterocycles. The monoisotopic (exact) mass is 243 g/mol. The number of hydrogen-bond acceptors (Lipinski definition) is 5. The maximum atomic E-state index is 11.3. The van der Waals surface area contributed by atoms with E-state index in [1.165, 1.54) is 25.1 Å². The molecule has 0 radical (unpaired) electrons. The summed E-state index contributed by atoms with van der Waals surface area (Å²) in [6.45, 7) is 4.45. The first-order valence-corrected chi connectivity index (χ1v) is 5.59. The number of rotatable bonds is 4. The van der Waals surface area contributed by atoms with Gasteiger partial charge >= 0.3 is 15.8 Å². The molecular weight excluding hydrogens is 234 g/mol. The largest absolute Gasteiger partial charge is 0.372 e. The maximum absolute atomic E-state index is 11.3. The molecule has 0 aliphatic rings. The van der Waals surface area contributed by atoms with Crippen LogP contribution in [0.1, 0.15) is 6.92 Å². The molecule has 0 N–H and O–H groups in total. The fourth-order valence-electron chi connectivity index (χ4n) is 0.868. The van der Waals surface area contributed by atoms with E-state index in [0.29, 0.717) is 0 Å². The number of benzene rings is 1. The maximum Gasteiger partial charge on any atom is 0.334 e. The Morgan fingerprint density at radius 3 is 2.50 bits per heavy atom. The van der Waals surface area contributed by atoms with Crippen molar-refractivity contribution in [1.29, 1.82) is 0 Å². The normalized spacial score (nSPS) is 10.8. The van der Waals surface area contributed by atoms with Crippen molar-refractivity contribution in [3.05, 3.63) is 45.9 Å². The van der Waals surface area contributed by atoms with Crippen molar-refractivity contribution in [3.63, 3.8) is 0 Å². The summed E-state index contributed by atoms with van der Waals surface area (Å²) < 4.78 is 27.2. The zero-order chi connectivity index (χ0) is 12.3. The van der Waals surface area contributed by atoms with Crippen molar-refractivity contribution in [2.45, 2.75) is 6.92 Å². The van der Waals surface area contributed by atoms with Crippen molar-refractivity contribution < 1.29 is 17.5 Å². The van der Waals surface area contributed by atoms with Gasteiger partial charge < -0.3 is 4.18 Å². The van der Waals surface area contributed by atoms with Crippen LogP contribution >= 0.6 is 0 Å². The molecule has 0 saturated heterocycles. The van der Waals surface area contributed by atoms with Crippen LogP contribution in [-0.2, 0) is 10.1 Å². The van der Waals surface area contributed by atoms with Crippen LogP contribution in [0, 0.1) is 10.1 Å². The molecule has 1 aromatic rings. The summed E-state index contributed by atoms with van der Waals surface area (Å²) in [5.74, 6) is -0.324. The summed E-state index contributed by atoms with van der Waals surface area (Å²) in [6.07, 6.45) is 0. The SMILES string of the molecule is C=C(C)S(=O)(=O)Oc1ccccc1[N+](=O)[O-]. The highest BCUT2D eigenvalue weighted by molar-refractivity contribution is 7.91. The van der Waals surface area contributed by atoms with Gasteiger partial charge in [0.05, 0.1) is 9.83 Å². The van der Waals surface area contributed by atoms with Crippen molar-refractivity contribution in [2.75, 3.05) is 0 Å². The molecule has 0 atom stereocenters. The van der Waals surface area contributed by atoms with Gasteiger partial charge in [0.1, 0.15) is 0 Å². The molecule has 0 aliphatic carbocycles. The van der Waals surface area contributed by atoms with E-state index in [-0.39, 0.29) is 10.7 Å². The van der Waals surface area contributed by atoms with Crippen LogP contribution in [0.15, 0.2) is 35.7 Å². The first-order chi connectivity index (χ1) is 7.34. The second-order valence-electron chi connectivity index (χ2n) is 2.96. The van der Waals surface area contributed by atoms with Gasteiger partial charge in [-0.3, -0.25) is 10.1 Å². The highest BCUT2D eigenvalue weighted by Crippen LogP contribution is 2.28. The molecule has 1 rings (SSSR count). The third-order valence-electron chi connectivity index (χ3n) is 1.69. The van der Waals surface area contributed by atoms with Crippen LogP contribution in [0.4, 0.5) is 5.69 Å². The van der Waals surface area contributed by atoms with Gasteiger partial charge in [-0.05, 0) is 13.0 Å². The second-order valence-corrected chi connectivity index (χ2v) is 4.74. The van der Waals surface area contributed by atoms with E-state index in [1.807, 2.05) is 0 Å². The van der Waals surface area contributed by atoms with Gasteiger partial charge in [-0.15, -0.1) is 0 Å². The number of hydrogen-bond donors (Lipinski definition) is 0. The number of para-hydroxylation sites is 2. The summed E-state index contributed by atoms with van der Waals surface area (Å²) in [5, 5.41) is 10.6. The van der Waals surface area contributed by atoms with Gasteiger partial charge in [0.2, 0.25) is 5.75 Å². The molecule has 0 aliphatic heterocycles. The van der Waals surface area contributed by atoms with Crippen LogP contribution in [0.5, 0.6) is 5.75 Å². The zero-order valence-electron chi connectivity index (χ0n) is 8.41. The van der Waals surface area contributed by atoms with E-state index in [9.17, 15) is 18.5 Å². The van der Waals surface area contributed by atoms with Crippen LogP contribution < -0.4 is 4.18 Å². The van der Waals surface area contributed by atoms with Crippen LogP contribution in [0.2, 0.25) is 0 Å². The summed E-state index contributed by atoms with van der Waals surface area (Å²) in [6, 6.07) is 5.22. The average molecular weight is 243 g/mol. The standard InChI is InChI=1S/C9H9NO5S/c1-7(2)16(13,14)15-9-6-4-3-5-8(9)10(11)12/h3-6H,1H2,2H3. The van der Waals surface area contributed by atoms with Crippen LogP contribution in [-0.4, -0.2) is 13.3 Å². The summed E-state index contributed by atoms with van der Waals surface area (Å²) in [7, 11) is -4.01. The first kappa shape index (κ1) is 12.2. The Morgan fingerprint density at radius 2 is 2.00 bits per heavy atom. The minimum absolute atomic E-state index is 0.217. The van der Waals surface area contributed by atoms with Gasteiger partial charge in [0.15, 0.2) is 0 Å².